The van der Waals surface area contributed by atoms with Crippen LogP contribution in [0, 0.1) is 0 Å². The average molecular weight is 305 g/mol. The van der Waals surface area contributed by atoms with E-state index in [1.165, 1.54) is 4.88 Å². The maximum atomic E-state index is 11.7. The van der Waals surface area contributed by atoms with Crippen LogP contribution in [0.5, 0.6) is 0 Å². The van der Waals surface area contributed by atoms with Gasteiger partial charge in [-0.1, -0.05) is 6.07 Å². The Morgan fingerprint density at radius 1 is 1.63 bits per heavy atom. The van der Waals surface area contributed by atoms with E-state index in [1.54, 1.807) is 11.3 Å². The molecular formula is C13H21ClN2O2S. The lowest BCUT2D eigenvalue weighted by atomic mass is 10.2. The minimum Gasteiger partial charge on any atom is -0.377 e. The van der Waals surface area contributed by atoms with Gasteiger partial charge in [0, 0.05) is 18.0 Å². The first-order valence-corrected chi connectivity index (χ1v) is 7.29. The average Bonchev–Trinajstić information content (AvgIpc) is 3.02. The molecule has 1 aliphatic rings. The molecule has 0 bridgehead atoms. The van der Waals surface area contributed by atoms with Gasteiger partial charge in [-0.3, -0.25) is 4.79 Å². The second-order valence-corrected chi connectivity index (χ2v) is 5.55. The van der Waals surface area contributed by atoms with Gasteiger partial charge < -0.3 is 15.4 Å². The molecule has 2 rings (SSSR count). The van der Waals surface area contributed by atoms with Crippen molar-refractivity contribution < 1.29 is 9.53 Å². The van der Waals surface area contributed by atoms with E-state index in [2.05, 4.69) is 10.6 Å². The molecule has 19 heavy (non-hydrogen) atoms. The fraction of sp³-hybridized carbons (Fsp3) is 0.615. The molecule has 1 amide bonds. The smallest absolute Gasteiger partial charge is 0.234 e. The van der Waals surface area contributed by atoms with E-state index in [9.17, 15) is 4.79 Å². The molecule has 0 aliphatic carbocycles. The standard InChI is InChI=1S/C13H20N2O2S.ClH/c1-10(12-5-3-7-18-12)15-13(16)9-14-8-11-4-2-6-17-11;/h3,5,7,10-11,14H,2,4,6,8-9H2,1H3,(H,15,16);1H. The van der Waals surface area contributed by atoms with Crippen molar-refractivity contribution in [1.29, 1.82) is 0 Å². The molecule has 0 spiro atoms. The minimum absolute atomic E-state index is 0. The second kappa shape index (κ2) is 8.53. The zero-order valence-electron chi connectivity index (χ0n) is 11.1. The van der Waals surface area contributed by atoms with E-state index in [4.69, 9.17) is 4.74 Å². The zero-order valence-corrected chi connectivity index (χ0v) is 12.7. The molecule has 1 saturated heterocycles. The Kier molecular flexibility index (Phi) is 7.38. The van der Waals surface area contributed by atoms with E-state index >= 15 is 0 Å². The summed E-state index contributed by atoms with van der Waals surface area (Å²) in [4.78, 5) is 12.9. The summed E-state index contributed by atoms with van der Waals surface area (Å²) in [6, 6.07) is 4.12. The highest BCUT2D eigenvalue weighted by Crippen LogP contribution is 2.17. The SMILES string of the molecule is CC(NC(=O)CNCC1CCCO1)c1cccs1.Cl. The zero-order chi connectivity index (χ0) is 12.8. The molecule has 1 aromatic heterocycles. The summed E-state index contributed by atoms with van der Waals surface area (Å²) in [5.74, 6) is 0.0360. The number of ether oxygens (including phenoxy) is 1. The van der Waals surface area contributed by atoms with Crippen LogP contribution in [0.4, 0.5) is 0 Å². The van der Waals surface area contributed by atoms with Gasteiger partial charge in [-0.05, 0) is 31.2 Å². The summed E-state index contributed by atoms with van der Waals surface area (Å²) in [6.45, 7) is 3.98. The van der Waals surface area contributed by atoms with Gasteiger partial charge in [-0.2, -0.15) is 0 Å². The Bertz CT molecular complexity index is 367. The molecule has 108 valence electrons. The molecule has 0 aromatic carbocycles. The Labute approximate surface area is 124 Å². The molecule has 2 unspecified atom stereocenters. The van der Waals surface area contributed by atoms with Crippen molar-refractivity contribution in [2.24, 2.45) is 0 Å². The first-order chi connectivity index (χ1) is 8.75. The van der Waals surface area contributed by atoms with Gasteiger partial charge in [0.15, 0.2) is 0 Å². The Balaban J connectivity index is 0.00000180. The lowest BCUT2D eigenvalue weighted by Gasteiger charge is -2.14. The first kappa shape index (κ1) is 16.4. The van der Waals surface area contributed by atoms with Crippen LogP contribution < -0.4 is 10.6 Å². The number of hydrogen-bond donors (Lipinski definition) is 2. The van der Waals surface area contributed by atoms with E-state index in [0.717, 1.165) is 26.0 Å². The van der Waals surface area contributed by atoms with Gasteiger partial charge in [0.2, 0.25) is 5.91 Å². The van der Waals surface area contributed by atoms with Crippen LogP contribution in [0.25, 0.3) is 0 Å². The first-order valence-electron chi connectivity index (χ1n) is 6.41. The molecule has 2 N–H and O–H groups in total. The highest BCUT2D eigenvalue weighted by atomic mass is 35.5. The number of thiophene rings is 1. The topological polar surface area (TPSA) is 50.4 Å². The van der Waals surface area contributed by atoms with E-state index in [0.29, 0.717) is 6.54 Å². The van der Waals surface area contributed by atoms with Crippen LogP contribution in [0.2, 0.25) is 0 Å². The Hall–Kier alpha value is -0.620. The van der Waals surface area contributed by atoms with Gasteiger partial charge >= 0.3 is 0 Å². The van der Waals surface area contributed by atoms with Crippen LogP contribution in [0.1, 0.15) is 30.7 Å². The molecule has 1 aliphatic heterocycles. The summed E-state index contributed by atoms with van der Waals surface area (Å²) >= 11 is 1.66. The predicted octanol–water partition coefficient (Wildman–Crippen LogP) is 2.12. The van der Waals surface area contributed by atoms with Crippen LogP contribution in [0.15, 0.2) is 17.5 Å². The van der Waals surface area contributed by atoms with E-state index < -0.39 is 0 Å². The largest absolute Gasteiger partial charge is 0.377 e. The lowest BCUT2D eigenvalue weighted by molar-refractivity contribution is -0.120. The van der Waals surface area contributed by atoms with E-state index in [1.807, 2.05) is 24.4 Å². The fourth-order valence-corrected chi connectivity index (χ4v) is 2.79. The van der Waals surface area contributed by atoms with Crippen molar-refractivity contribution in [1.82, 2.24) is 10.6 Å². The number of carbonyl (C=O) groups excluding carboxylic acids is 1. The normalized spacial score (nSPS) is 19.7. The second-order valence-electron chi connectivity index (χ2n) is 4.57. The third-order valence-electron chi connectivity index (χ3n) is 3.03. The summed E-state index contributed by atoms with van der Waals surface area (Å²) in [5.41, 5.74) is 0. The Morgan fingerprint density at radius 3 is 3.11 bits per heavy atom. The summed E-state index contributed by atoms with van der Waals surface area (Å²) < 4.78 is 5.48. The minimum atomic E-state index is 0. The van der Waals surface area contributed by atoms with Crippen LogP contribution >= 0.6 is 23.7 Å². The van der Waals surface area contributed by atoms with Crippen molar-refractivity contribution >= 4 is 29.7 Å². The molecule has 4 nitrogen and oxygen atoms in total. The van der Waals surface area contributed by atoms with Crippen molar-refractivity contribution in [2.45, 2.75) is 31.9 Å². The summed E-state index contributed by atoms with van der Waals surface area (Å²) in [7, 11) is 0. The quantitative estimate of drug-likeness (QED) is 0.846. The highest BCUT2D eigenvalue weighted by molar-refractivity contribution is 7.10. The van der Waals surface area contributed by atoms with Gasteiger partial charge in [0.25, 0.3) is 0 Å². The summed E-state index contributed by atoms with van der Waals surface area (Å²) in [5, 5.41) is 8.14. The molecule has 6 heteroatoms. The van der Waals surface area contributed by atoms with Crippen molar-refractivity contribution in [3.63, 3.8) is 0 Å². The molecular weight excluding hydrogens is 284 g/mol. The third-order valence-corrected chi connectivity index (χ3v) is 4.08. The fourth-order valence-electron chi connectivity index (χ4n) is 2.05. The van der Waals surface area contributed by atoms with Crippen LogP contribution in [-0.2, 0) is 9.53 Å². The number of carbonyl (C=O) groups is 1. The van der Waals surface area contributed by atoms with Crippen molar-refractivity contribution in [3.8, 4) is 0 Å². The maximum absolute atomic E-state index is 11.7. The highest BCUT2D eigenvalue weighted by Gasteiger charge is 2.15. The van der Waals surface area contributed by atoms with Gasteiger partial charge in [0.05, 0.1) is 18.7 Å². The molecule has 0 radical (unpaired) electrons. The number of rotatable bonds is 6. The molecule has 2 heterocycles. The van der Waals surface area contributed by atoms with Gasteiger partial charge in [0.1, 0.15) is 0 Å². The van der Waals surface area contributed by atoms with Crippen molar-refractivity contribution in [2.75, 3.05) is 19.7 Å². The predicted molar refractivity (Wildman–Crippen MR) is 80.0 cm³/mol. The molecule has 0 saturated carbocycles. The molecule has 1 fully saturated rings. The third kappa shape index (κ3) is 5.48. The Morgan fingerprint density at radius 2 is 2.47 bits per heavy atom. The van der Waals surface area contributed by atoms with Gasteiger partial charge in [-0.25, -0.2) is 0 Å². The molecule has 2 atom stereocenters. The van der Waals surface area contributed by atoms with Gasteiger partial charge in [-0.15, -0.1) is 23.7 Å². The molecule has 1 aromatic rings. The maximum Gasteiger partial charge on any atom is 0.234 e. The number of nitrogens with one attached hydrogen (secondary N) is 2. The number of halogens is 1. The van der Waals surface area contributed by atoms with Crippen LogP contribution in [-0.4, -0.2) is 31.7 Å². The van der Waals surface area contributed by atoms with Crippen molar-refractivity contribution in [3.05, 3.63) is 22.4 Å². The monoisotopic (exact) mass is 304 g/mol. The van der Waals surface area contributed by atoms with E-state index in [-0.39, 0.29) is 30.5 Å². The lowest BCUT2D eigenvalue weighted by Crippen LogP contribution is -2.38. The van der Waals surface area contributed by atoms with Crippen LogP contribution in [0.3, 0.4) is 0 Å². The number of amides is 1. The summed E-state index contributed by atoms with van der Waals surface area (Å²) in [6.07, 6.45) is 2.52. The number of hydrogen-bond acceptors (Lipinski definition) is 4.